The van der Waals surface area contributed by atoms with Crippen molar-refractivity contribution in [2.75, 3.05) is 12.4 Å². The normalized spacial score (nSPS) is 11.3. The summed E-state index contributed by atoms with van der Waals surface area (Å²) in [7, 11) is 0. The first kappa shape index (κ1) is 17.8. The molecule has 0 saturated heterocycles. The Morgan fingerprint density at radius 3 is 2.88 bits per heavy atom. The van der Waals surface area contributed by atoms with E-state index in [1.54, 1.807) is 36.4 Å². The summed E-state index contributed by atoms with van der Waals surface area (Å²) >= 11 is 1.20. The molecule has 0 bridgehead atoms. The number of aliphatic hydroxyl groups is 1. The second kappa shape index (κ2) is 7.89. The molecule has 1 heterocycles. The number of thioether (sulfide) groups is 1. The molecule has 0 saturated carbocycles. The number of para-hydroxylation sites is 1. The Morgan fingerprint density at radius 2 is 2.12 bits per heavy atom. The first-order chi connectivity index (χ1) is 12.6. The molecule has 0 aliphatic carbocycles. The Bertz CT molecular complexity index is 1050. The summed E-state index contributed by atoms with van der Waals surface area (Å²) in [6, 6.07) is 11.6. The second-order valence-corrected chi connectivity index (χ2v) is 6.35. The fraction of sp³-hybridized carbons (Fsp3) is 0.118. The monoisotopic (exact) mass is 370 g/mol. The number of nitro groups is 1. The summed E-state index contributed by atoms with van der Waals surface area (Å²) in [5.74, 6) is 0.367. The van der Waals surface area contributed by atoms with Crippen LogP contribution < -0.4 is 5.56 Å². The van der Waals surface area contributed by atoms with Gasteiger partial charge < -0.3 is 5.11 Å². The first-order valence-electron chi connectivity index (χ1n) is 7.63. The highest BCUT2D eigenvalue weighted by atomic mass is 32.2. The van der Waals surface area contributed by atoms with Crippen LogP contribution >= 0.6 is 11.8 Å². The molecule has 0 aliphatic heterocycles. The molecule has 0 amide bonds. The van der Waals surface area contributed by atoms with Gasteiger partial charge in [0, 0.05) is 17.4 Å². The van der Waals surface area contributed by atoms with E-state index in [9.17, 15) is 14.9 Å². The van der Waals surface area contributed by atoms with Crippen LogP contribution in [0, 0.1) is 10.1 Å². The van der Waals surface area contributed by atoms with E-state index < -0.39 is 4.92 Å². The topological polar surface area (TPSA) is 111 Å². The molecule has 3 aromatic rings. The molecule has 0 unspecified atom stereocenters. The van der Waals surface area contributed by atoms with Gasteiger partial charge in [-0.1, -0.05) is 18.2 Å². The van der Waals surface area contributed by atoms with Crippen LogP contribution in [0.15, 0.2) is 63.6 Å². The Morgan fingerprint density at radius 1 is 1.31 bits per heavy atom. The molecular formula is C17H14N4O4S. The Hall–Kier alpha value is -3.04. The van der Waals surface area contributed by atoms with Crippen molar-refractivity contribution in [1.29, 1.82) is 0 Å². The lowest BCUT2D eigenvalue weighted by molar-refractivity contribution is -0.387. The smallest absolute Gasteiger partial charge is 0.283 e. The highest BCUT2D eigenvalue weighted by Gasteiger charge is 2.14. The first-order valence-corrected chi connectivity index (χ1v) is 8.61. The van der Waals surface area contributed by atoms with E-state index >= 15 is 0 Å². The Kier molecular flexibility index (Phi) is 5.40. The number of benzene rings is 2. The summed E-state index contributed by atoms with van der Waals surface area (Å²) < 4.78 is 1.09. The zero-order valence-corrected chi connectivity index (χ0v) is 14.3. The van der Waals surface area contributed by atoms with Gasteiger partial charge in [-0.3, -0.25) is 14.9 Å². The van der Waals surface area contributed by atoms with Crippen LogP contribution in [-0.4, -0.2) is 38.3 Å². The largest absolute Gasteiger partial charge is 0.396 e. The summed E-state index contributed by atoms with van der Waals surface area (Å²) in [5, 5.41) is 24.6. The lowest BCUT2D eigenvalue weighted by Gasteiger charge is -2.03. The van der Waals surface area contributed by atoms with Crippen LogP contribution in [0.25, 0.3) is 10.9 Å². The van der Waals surface area contributed by atoms with Gasteiger partial charge in [0.05, 0.1) is 33.5 Å². The number of nitro benzene ring substituents is 1. The number of aliphatic hydroxyl groups excluding tert-OH is 1. The molecule has 0 spiro atoms. The van der Waals surface area contributed by atoms with Crippen molar-refractivity contribution in [2.24, 2.45) is 5.10 Å². The molecular weight excluding hydrogens is 356 g/mol. The van der Waals surface area contributed by atoms with Crippen molar-refractivity contribution in [3.05, 3.63) is 74.8 Å². The van der Waals surface area contributed by atoms with Gasteiger partial charge in [0.15, 0.2) is 0 Å². The third kappa shape index (κ3) is 3.79. The predicted octanol–water partition coefficient (Wildman–Crippen LogP) is 2.27. The molecule has 132 valence electrons. The van der Waals surface area contributed by atoms with Gasteiger partial charge in [-0.05, 0) is 18.2 Å². The fourth-order valence-electron chi connectivity index (χ4n) is 2.31. The zero-order valence-electron chi connectivity index (χ0n) is 13.5. The van der Waals surface area contributed by atoms with Crippen LogP contribution in [0.4, 0.5) is 5.69 Å². The van der Waals surface area contributed by atoms with Gasteiger partial charge in [0.2, 0.25) is 0 Å². The molecule has 0 atom stereocenters. The van der Waals surface area contributed by atoms with Crippen LogP contribution in [0.3, 0.4) is 0 Å². The predicted molar refractivity (Wildman–Crippen MR) is 99.9 cm³/mol. The number of nitrogens with zero attached hydrogens (tertiary/aromatic N) is 4. The van der Waals surface area contributed by atoms with E-state index in [1.165, 1.54) is 30.4 Å². The minimum atomic E-state index is -0.485. The second-order valence-electron chi connectivity index (χ2n) is 5.21. The van der Waals surface area contributed by atoms with Crippen molar-refractivity contribution >= 4 is 34.6 Å². The number of aromatic nitrogens is 2. The van der Waals surface area contributed by atoms with Gasteiger partial charge in [-0.15, -0.1) is 11.8 Å². The quantitative estimate of drug-likeness (QED) is 0.308. The average Bonchev–Trinajstić information content (AvgIpc) is 2.66. The van der Waals surface area contributed by atoms with Crippen molar-refractivity contribution in [1.82, 2.24) is 9.66 Å². The number of hydrogen-bond donors (Lipinski definition) is 1. The zero-order chi connectivity index (χ0) is 18.5. The van der Waals surface area contributed by atoms with Crippen molar-refractivity contribution < 1.29 is 10.0 Å². The van der Waals surface area contributed by atoms with Gasteiger partial charge in [0.1, 0.15) is 6.33 Å². The minimum absolute atomic E-state index is 0.0666. The maximum Gasteiger partial charge on any atom is 0.283 e. The van der Waals surface area contributed by atoms with Crippen LogP contribution in [-0.2, 0) is 0 Å². The molecule has 0 radical (unpaired) electrons. The summed E-state index contributed by atoms with van der Waals surface area (Å²) in [6.07, 6.45) is 2.67. The molecule has 26 heavy (non-hydrogen) atoms. The minimum Gasteiger partial charge on any atom is -0.396 e. The van der Waals surface area contributed by atoms with Crippen molar-refractivity contribution in [2.45, 2.75) is 4.90 Å². The van der Waals surface area contributed by atoms with E-state index in [-0.39, 0.29) is 17.9 Å². The average molecular weight is 370 g/mol. The van der Waals surface area contributed by atoms with Crippen molar-refractivity contribution in [3.63, 3.8) is 0 Å². The number of fused-ring (bicyclic) bond motifs is 1. The lowest BCUT2D eigenvalue weighted by Crippen LogP contribution is -2.16. The number of hydrogen-bond acceptors (Lipinski definition) is 7. The standard InChI is InChI=1S/C17H14N4O4S/c22-7-8-26-16-6-5-12(9-15(16)21(24)25)10-19-20-11-18-14-4-2-1-3-13(14)17(20)23/h1-6,9-11,22H,7-8H2. The van der Waals surface area contributed by atoms with E-state index in [0.717, 1.165) is 4.68 Å². The Balaban J connectivity index is 1.93. The molecule has 3 rings (SSSR count). The van der Waals surface area contributed by atoms with E-state index in [2.05, 4.69) is 10.1 Å². The summed E-state index contributed by atoms with van der Waals surface area (Å²) in [6.45, 7) is -0.0666. The van der Waals surface area contributed by atoms with Crippen LogP contribution in [0.5, 0.6) is 0 Å². The molecule has 1 N–H and O–H groups in total. The van der Waals surface area contributed by atoms with Crippen molar-refractivity contribution in [3.8, 4) is 0 Å². The van der Waals surface area contributed by atoms with Gasteiger partial charge in [0.25, 0.3) is 11.2 Å². The SMILES string of the molecule is O=c1c2ccccc2ncn1N=Cc1ccc(SCCO)c([N+](=O)[O-])c1. The maximum atomic E-state index is 12.4. The van der Waals surface area contributed by atoms with Gasteiger partial charge in [-0.2, -0.15) is 9.78 Å². The van der Waals surface area contributed by atoms with Gasteiger partial charge >= 0.3 is 0 Å². The third-order valence-corrected chi connectivity index (χ3v) is 4.55. The van der Waals surface area contributed by atoms with Gasteiger partial charge in [-0.25, -0.2) is 4.98 Å². The van der Waals surface area contributed by atoms with Crippen LogP contribution in [0.2, 0.25) is 0 Å². The van der Waals surface area contributed by atoms with Crippen LogP contribution in [0.1, 0.15) is 5.56 Å². The van der Waals surface area contributed by atoms with E-state index in [4.69, 9.17) is 5.11 Å². The number of rotatable bonds is 6. The highest BCUT2D eigenvalue weighted by molar-refractivity contribution is 7.99. The molecule has 9 heteroatoms. The third-order valence-electron chi connectivity index (χ3n) is 3.51. The highest BCUT2D eigenvalue weighted by Crippen LogP contribution is 2.29. The summed E-state index contributed by atoms with van der Waals surface area (Å²) in [4.78, 5) is 27.7. The molecule has 2 aromatic carbocycles. The molecule has 1 aromatic heterocycles. The maximum absolute atomic E-state index is 12.4. The summed E-state index contributed by atoms with van der Waals surface area (Å²) in [5.41, 5.74) is 0.655. The van der Waals surface area contributed by atoms with E-state index in [0.29, 0.717) is 27.1 Å². The Labute approximate surface area is 152 Å². The lowest BCUT2D eigenvalue weighted by atomic mass is 10.2. The fourth-order valence-corrected chi connectivity index (χ4v) is 3.06. The van der Waals surface area contributed by atoms with E-state index in [1.807, 2.05) is 0 Å². The molecule has 8 nitrogen and oxygen atoms in total. The molecule has 0 fully saturated rings. The molecule has 0 aliphatic rings.